The second-order valence-corrected chi connectivity index (χ2v) is 10.9. The first-order valence-electron chi connectivity index (χ1n) is 10.5. The van der Waals surface area contributed by atoms with E-state index >= 15 is 0 Å². The van der Waals surface area contributed by atoms with Crippen LogP contribution in [0, 0.1) is 6.92 Å². The Morgan fingerprint density at radius 2 is 2.06 bits per heavy atom. The molecule has 0 saturated heterocycles. The molecule has 2 aliphatic heterocycles. The van der Waals surface area contributed by atoms with Crippen LogP contribution in [0.3, 0.4) is 0 Å². The predicted molar refractivity (Wildman–Crippen MR) is 132 cm³/mol. The van der Waals surface area contributed by atoms with Crippen LogP contribution in [0.1, 0.15) is 23.7 Å². The fourth-order valence-corrected chi connectivity index (χ4v) is 4.35. The van der Waals surface area contributed by atoms with E-state index in [1.54, 1.807) is 4.90 Å². The van der Waals surface area contributed by atoms with Crippen molar-refractivity contribution in [2.75, 3.05) is 26.7 Å². The van der Waals surface area contributed by atoms with Gasteiger partial charge in [0.15, 0.2) is 0 Å². The maximum absolute atomic E-state index is 12.6. The first-order valence-corrected chi connectivity index (χ1v) is 11.6. The highest BCUT2D eigenvalue weighted by Gasteiger charge is 2.29. The summed E-state index contributed by atoms with van der Waals surface area (Å²) in [5.74, 6) is 0. The summed E-state index contributed by atoms with van der Waals surface area (Å²) >= 11 is 17.2. The van der Waals surface area contributed by atoms with E-state index in [2.05, 4.69) is 73.1 Å². The van der Waals surface area contributed by atoms with Crippen molar-refractivity contribution in [3.8, 4) is 0 Å². The van der Waals surface area contributed by atoms with Crippen molar-refractivity contribution in [1.29, 1.82) is 0 Å². The van der Waals surface area contributed by atoms with Crippen molar-refractivity contribution in [3.63, 3.8) is 0 Å². The Hall–Kier alpha value is -2.08. The topological polar surface area (TPSA) is 37.7 Å². The van der Waals surface area contributed by atoms with Gasteiger partial charge < -0.3 is 19.1 Å². The molecular formula is C24H26Cl3N3O2. The zero-order valence-corrected chi connectivity index (χ0v) is 20.6. The second kappa shape index (κ2) is 9.05. The number of nitrogens with zero attached hydrogens (tertiary/aromatic N) is 3. The minimum Gasteiger partial charge on any atom is -0.445 e. The maximum atomic E-state index is 12.6. The van der Waals surface area contributed by atoms with Gasteiger partial charge in [-0.3, -0.25) is 0 Å². The fraction of sp³-hybridized carbons (Fsp3) is 0.375. The third-order valence-corrected chi connectivity index (χ3v) is 6.17. The first kappa shape index (κ1) is 23.1. The van der Waals surface area contributed by atoms with E-state index in [1.165, 1.54) is 22.4 Å². The molecule has 0 radical (unpaired) electrons. The summed E-state index contributed by atoms with van der Waals surface area (Å²) in [5.41, 5.74) is 7.08. The summed E-state index contributed by atoms with van der Waals surface area (Å²) in [6.45, 7) is 5.83. The quantitative estimate of drug-likeness (QED) is 0.487. The lowest BCUT2D eigenvalue weighted by molar-refractivity contribution is 0.0994. The molecule has 8 heteroatoms. The smallest absolute Gasteiger partial charge is 0.410 e. The molecule has 5 nitrogen and oxygen atoms in total. The number of aromatic nitrogens is 1. The van der Waals surface area contributed by atoms with E-state index in [0.717, 1.165) is 23.0 Å². The highest BCUT2D eigenvalue weighted by atomic mass is 35.6. The van der Waals surface area contributed by atoms with Crippen LogP contribution in [-0.2, 0) is 17.7 Å². The third kappa shape index (κ3) is 4.95. The molecule has 3 heterocycles. The Labute approximate surface area is 203 Å². The van der Waals surface area contributed by atoms with Gasteiger partial charge in [0.05, 0.1) is 12.1 Å². The lowest BCUT2D eigenvalue weighted by Gasteiger charge is -2.28. The van der Waals surface area contributed by atoms with Crippen LogP contribution in [0.5, 0.6) is 0 Å². The zero-order chi connectivity index (χ0) is 23.0. The van der Waals surface area contributed by atoms with Crippen LogP contribution >= 0.6 is 34.8 Å². The summed E-state index contributed by atoms with van der Waals surface area (Å²) in [4.78, 5) is 16.4. The Morgan fingerprint density at radius 1 is 1.28 bits per heavy atom. The van der Waals surface area contributed by atoms with Gasteiger partial charge >= 0.3 is 6.09 Å². The van der Waals surface area contributed by atoms with Crippen molar-refractivity contribution in [2.24, 2.45) is 0 Å². The molecule has 0 saturated carbocycles. The second-order valence-electron chi connectivity index (χ2n) is 8.38. The van der Waals surface area contributed by atoms with E-state index in [4.69, 9.17) is 39.5 Å². The molecule has 0 N–H and O–H groups in total. The van der Waals surface area contributed by atoms with Gasteiger partial charge in [0.1, 0.15) is 6.61 Å². The van der Waals surface area contributed by atoms with Gasteiger partial charge in [0.2, 0.25) is 3.79 Å². The lowest BCUT2D eigenvalue weighted by atomic mass is 10.0. The molecule has 4 rings (SSSR count). The summed E-state index contributed by atoms with van der Waals surface area (Å²) in [6, 6.07) is 6.45. The summed E-state index contributed by atoms with van der Waals surface area (Å²) < 4.78 is 5.86. The Balaban J connectivity index is 1.68. The molecule has 0 spiro atoms. The number of ether oxygens (including phenoxy) is 1. The van der Waals surface area contributed by atoms with E-state index in [9.17, 15) is 4.79 Å². The average Bonchev–Trinajstić information content (AvgIpc) is 3.04. The molecule has 1 aromatic carbocycles. The number of benzene rings is 1. The van der Waals surface area contributed by atoms with Gasteiger partial charge in [-0.15, -0.1) is 0 Å². The van der Waals surface area contributed by atoms with Crippen LogP contribution in [0.25, 0.3) is 17.1 Å². The summed E-state index contributed by atoms with van der Waals surface area (Å²) in [6.07, 6.45) is 8.92. The number of fused-ring (bicyclic) bond motifs is 3. The largest absolute Gasteiger partial charge is 0.445 e. The van der Waals surface area contributed by atoms with Crippen LogP contribution in [0.15, 0.2) is 47.7 Å². The standard InChI is InChI=1S/C24H26Cl3N3O2/c1-16-4-5-21-19(12-16)20-14-29(23(31)32-15-24(25,26)27)11-8-22(20)30(21)13-17(2)18-6-9-28(3)10-7-18/h4-7,9,12-13H,8,10-11,14-15H2,1-3H3. The van der Waals surface area contributed by atoms with Crippen LogP contribution in [-0.4, -0.2) is 51.0 Å². The zero-order valence-electron chi connectivity index (χ0n) is 18.4. The Morgan fingerprint density at radius 3 is 2.75 bits per heavy atom. The van der Waals surface area contributed by atoms with Crippen molar-refractivity contribution >= 4 is 58.0 Å². The van der Waals surface area contributed by atoms with Crippen molar-refractivity contribution in [1.82, 2.24) is 14.4 Å². The van der Waals surface area contributed by atoms with Gasteiger partial charge in [-0.1, -0.05) is 52.5 Å². The molecule has 1 amide bonds. The van der Waals surface area contributed by atoms with E-state index < -0.39 is 9.89 Å². The number of allylic oxidation sites excluding steroid dienone is 3. The molecule has 2 aromatic rings. The number of aryl methyl sites for hydroxylation is 1. The average molecular weight is 495 g/mol. The molecule has 170 valence electrons. The van der Waals surface area contributed by atoms with Crippen LogP contribution in [0.4, 0.5) is 4.79 Å². The van der Waals surface area contributed by atoms with Crippen LogP contribution in [0.2, 0.25) is 0 Å². The highest BCUT2D eigenvalue weighted by Crippen LogP contribution is 2.34. The number of amides is 1. The van der Waals surface area contributed by atoms with Crippen molar-refractivity contribution < 1.29 is 9.53 Å². The maximum Gasteiger partial charge on any atom is 0.410 e. The summed E-state index contributed by atoms with van der Waals surface area (Å²) in [5, 5.41) is 1.15. The molecule has 0 aliphatic carbocycles. The molecular weight excluding hydrogens is 469 g/mol. The third-order valence-electron chi connectivity index (χ3n) is 5.85. The van der Waals surface area contributed by atoms with Gasteiger partial charge in [-0.05, 0) is 49.4 Å². The molecule has 1 aromatic heterocycles. The fourth-order valence-electron chi connectivity index (χ4n) is 4.18. The SMILES string of the molecule is CC(=Cn1c2c(c3cc(C)ccc31)CN(C(=O)OCC(Cl)(Cl)Cl)CC2)C1=CCN(C)C=C1. The van der Waals surface area contributed by atoms with E-state index in [-0.39, 0.29) is 6.61 Å². The van der Waals surface area contributed by atoms with E-state index in [0.29, 0.717) is 19.5 Å². The minimum absolute atomic E-state index is 0.277. The number of halogens is 3. The monoisotopic (exact) mass is 493 g/mol. The highest BCUT2D eigenvalue weighted by molar-refractivity contribution is 6.67. The molecule has 0 unspecified atom stereocenters. The van der Waals surface area contributed by atoms with Gasteiger partial charge in [0, 0.05) is 49.4 Å². The molecule has 2 aliphatic rings. The number of alkyl halides is 3. The summed E-state index contributed by atoms with van der Waals surface area (Å²) in [7, 11) is 2.06. The van der Waals surface area contributed by atoms with Gasteiger partial charge in [-0.25, -0.2) is 4.79 Å². The number of carbonyl (C=O) groups excluding carboxylic acids is 1. The number of hydrogen-bond acceptors (Lipinski definition) is 3. The molecule has 32 heavy (non-hydrogen) atoms. The predicted octanol–water partition coefficient (Wildman–Crippen LogP) is 6.06. The minimum atomic E-state index is -1.62. The van der Waals surface area contributed by atoms with Crippen molar-refractivity contribution in [3.05, 3.63) is 64.5 Å². The lowest BCUT2D eigenvalue weighted by Crippen LogP contribution is -2.37. The normalized spacial score (nSPS) is 16.9. The van der Waals surface area contributed by atoms with Crippen LogP contribution < -0.4 is 0 Å². The van der Waals surface area contributed by atoms with Gasteiger partial charge in [-0.2, -0.15) is 0 Å². The number of hydrogen-bond donors (Lipinski definition) is 0. The van der Waals surface area contributed by atoms with Crippen molar-refractivity contribution in [2.45, 2.75) is 30.6 Å². The first-order chi connectivity index (χ1) is 15.1. The molecule has 0 atom stereocenters. The number of likely N-dealkylation sites (N-methyl/N-ethyl adjacent to an activating group) is 1. The Kier molecular flexibility index (Phi) is 6.53. The Bertz CT molecular complexity index is 1140. The number of rotatable bonds is 3. The molecule has 0 fully saturated rings. The molecule has 0 bridgehead atoms. The van der Waals surface area contributed by atoms with E-state index in [1.807, 2.05) is 0 Å². The number of carbonyl (C=O) groups is 1. The van der Waals surface area contributed by atoms with Gasteiger partial charge in [0.25, 0.3) is 0 Å².